The second-order valence-corrected chi connectivity index (χ2v) is 5.17. The Kier molecular flexibility index (Phi) is 3.69. The molecule has 0 radical (unpaired) electrons. The Labute approximate surface area is 108 Å². The van der Waals surface area contributed by atoms with Crippen molar-refractivity contribution in [3.05, 3.63) is 28.2 Å². The molecule has 0 heterocycles. The summed E-state index contributed by atoms with van der Waals surface area (Å²) in [6.07, 6.45) is 2.26. The molecule has 4 nitrogen and oxygen atoms in total. The predicted octanol–water partition coefficient (Wildman–Crippen LogP) is 1.66. The van der Waals surface area contributed by atoms with E-state index in [-0.39, 0.29) is 6.10 Å². The van der Waals surface area contributed by atoms with Crippen LogP contribution in [-0.4, -0.2) is 18.6 Å². The van der Waals surface area contributed by atoms with Gasteiger partial charge in [0.05, 0.1) is 11.7 Å². The molecule has 0 aliphatic heterocycles. The second kappa shape index (κ2) is 5.06. The zero-order chi connectivity index (χ0) is 12.4. The number of hydrogen-bond donors (Lipinski definition) is 2. The zero-order valence-electron chi connectivity index (χ0n) is 9.36. The summed E-state index contributed by atoms with van der Waals surface area (Å²) in [5.74, 6) is 0.894. The van der Waals surface area contributed by atoms with Gasteiger partial charge in [-0.05, 0) is 59.4 Å². The van der Waals surface area contributed by atoms with Gasteiger partial charge >= 0.3 is 0 Å². The standard InChI is InChI=1S/C12H15BrN2O2/c13-11-5-8(1-2-10(11)12(15)16)17-9-3-7(4-9)6-14/h1-2,5,7,9H,3-4,6,14H2,(H2,15,16). The van der Waals surface area contributed by atoms with E-state index in [0.29, 0.717) is 16.0 Å². The Morgan fingerprint density at radius 1 is 1.47 bits per heavy atom. The van der Waals surface area contributed by atoms with E-state index in [1.165, 1.54) is 0 Å². The van der Waals surface area contributed by atoms with Crippen LogP contribution in [0, 0.1) is 5.92 Å². The molecule has 1 fully saturated rings. The lowest BCUT2D eigenvalue weighted by atomic mass is 9.82. The average Bonchev–Trinajstić information content (AvgIpc) is 2.22. The molecule has 1 aromatic rings. The van der Waals surface area contributed by atoms with Crippen molar-refractivity contribution in [1.82, 2.24) is 0 Å². The van der Waals surface area contributed by atoms with Crippen LogP contribution in [0.1, 0.15) is 23.2 Å². The van der Waals surface area contributed by atoms with E-state index in [4.69, 9.17) is 16.2 Å². The van der Waals surface area contributed by atoms with Crippen molar-refractivity contribution < 1.29 is 9.53 Å². The first kappa shape index (κ1) is 12.4. The Bertz CT molecular complexity index is 431. The predicted molar refractivity (Wildman–Crippen MR) is 68.9 cm³/mol. The Morgan fingerprint density at radius 2 is 2.18 bits per heavy atom. The number of hydrogen-bond acceptors (Lipinski definition) is 3. The molecule has 1 aliphatic rings. The Hall–Kier alpha value is -1.07. The summed E-state index contributed by atoms with van der Waals surface area (Å²) < 4.78 is 6.42. The quantitative estimate of drug-likeness (QED) is 0.887. The summed E-state index contributed by atoms with van der Waals surface area (Å²) in [4.78, 5) is 11.0. The molecule has 1 aliphatic carbocycles. The minimum absolute atomic E-state index is 0.245. The van der Waals surface area contributed by atoms with Crippen molar-refractivity contribution in [1.29, 1.82) is 0 Å². The summed E-state index contributed by atoms with van der Waals surface area (Å²) in [6, 6.07) is 5.21. The van der Waals surface area contributed by atoms with E-state index < -0.39 is 5.91 Å². The first-order valence-corrected chi connectivity index (χ1v) is 6.35. The third-order valence-electron chi connectivity index (χ3n) is 3.03. The van der Waals surface area contributed by atoms with Crippen molar-refractivity contribution in [3.8, 4) is 5.75 Å². The molecule has 0 unspecified atom stereocenters. The van der Waals surface area contributed by atoms with Gasteiger partial charge in [-0.1, -0.05) is 0 Å². The lowest BCUT2D eigenvalue weighted by Gasteiger charge is -2.34. The van der Waals surface area contributed by atoms with Gasteiger partial charge in [0.2, 0.25) is 5.91 Å². The van der Waals surface area contributed by atoms with Crippen LogP contribution in [0.5, 0.6) is 5.75 Å². The molecule has 0 bridgehead atoms. The maximum atomic E-state index is 11.0. The summed E-state index contributed by atoms with van der Waals surface area (Å²) in [7, 11) is 0. The van der Waals surface area contributed by atoms with Crippen molar-refractivity contribution in [3.63, 3.8) is 0 Å². The fraction of sp³-hybridized carbons (Fsp3) is 0.417. The number of carbonyl (C=O) groups is 1. The molecule has 0 aromatic heterocycles. The molecule has 0 spiro atoms. The highest BCUT2D eigenvalue weighted by molar-refractivity contribution is 9.10. The van der Waals surface area contributed by atoms with Gasteiger partial charge < -0.3 is 16.2 Å². The first-order chi connectivity index (χ1) is 8.10. The summed E-state index contributed by atoms with van der Waals surface area (Å²) >= 11 is 3.30. The van der Waals surface area contributed by atoms with Crippen molar-refractivity contribution >= 4 is 21.8 Å². The largest absolute Gasteiger partial charge is 0.490 e. The maximum absolute atomic E-state index is 11.0. The van der Waals surface area contributed by atoms with Gasteiger partial charge in [-0.3, -0.25) is 4.79 Å². The molecule has 92 valence electrons. The summed E-state index contributed by atoms with van der Waals surface area (Å²) in [5.41, 5.74) is 11.2. The van der Waals surface area contributed by atoms with Gasteiger partial charge in [0, 0.05) is 4.47 Å². The second-order valence-electron chi connectivity index (χ2n) is 4.32. The Morgan fingerprint density at radius 3 is 2.71 bits per heavy atom. The van der Waals surface area contributed by atoms with Crippen LogP contribution in [0.3, 0.4) is 0 Å². The molecular weight excluding hydrogens is 284 g/mol. The molecule has 5 heteroatoms. The van der Waals surface area contributed by atoms with Crippen LogP contribution < -0.4 is 16.2 Å². The van der Waals surface area contributed by atoms with Crippen LogP contribution in [0.15, 0.2) is 22.7 Å². The van der Waals surface area contributed by atoms with E-state index in [1.807, 2.05) is 0 Å². The lowest BCUT2D eigenvalue weighted by Crippen LogP contribution is -2.37. The minimum atomic E-state index is -0.449. The molecule has 2 rings (SSSR count). The fourth-order valence-corrected chi connectivity index (χ4v) is 2.48. The number of rotatable bonds is 4. The Balaban J connectivity index is 1.99. The molecule has 17 heavy (non-hydrogen) atoms. The van der Waals surface area contributed by atoms with Gasteiger partial charge in [0.15, 0.2) is 0 Å². The zero-order valence-corrected chi connectivity index (χ0v) is 10.9. The topological polar surface area (TPSA) is 78.3 Å². The SMILES string of the molecule is NCC1CC(Oc2ccc(C(N)=O)c(Br)c2)C1. The van der Waals surface area contributed by atoms with E-state index in [2.05, 4.69) is 15.9 Å². The number of benzene rings is 1. The lowest BCUT2D eigenvalue weighted by molar-refractivity contribution is 0.0690. The molecule has 4 N–H and O–H groups in total. The van der Waals surface area contributed by atoms with Crippen LogP contribution in [-0.2, 0) is 0 Å². The molecule has 0 saturated heterocycles. The molecule has 1 amide bonds. The van der Waals surface area contributed by atoms with Gasteiger partial charge in [-0.15, -0.1) is 0 Å². The number of nitrogens with two attached hydrogens (primary N) is 2. The molecule has 0 atom stereocenters. The number of halogens is 1. The normalized spacial score (nSPS) is 22.9. The van der Waals surface area contributed by atoms with Crippen LogP contribution >= 0.6 is 15.9 Å². The number of primary amides is 1. The average molecular weight is 299 g/mol. The van der Waals surface area contributed by atoms with E-state index >= 15 is 0 Å². The highest BCUT2D eigenvalue weighted by Gasteiger charge is 2.29. The van der Waals surface area contributed by atoms with Crippen molar-refractivity contribution in [2.45, 2.75) is 18.9 Å². The molecular formula is C12H15BrN2O2. The summed E-state index contributed by atoms with van der Waals surface area (Å²) in [5, 5.41) is 0. The fourth-order valence-electron chi connectivity index (χ4n) is 1.92. The van der Waals surface area contributed by atoms with Gasteiger partial charge in [0.25, 0.3) is 0 Å². The number of ether oxygens (including phenoxy) is 1. The highest BCUT2D eigenvalue weighted by atomic mass is 79.9. The third kappa shape index (κ3) is 2.79. The van der Waals surface area contributed by atoms with Crippen LogP contribution in [0.4, 0.5) is 0 Å². The molecule has 1 aromatic carbocycles. The minimum Gasteiger partial charge on any atom is -0.490 e. The van der Waals surface area contributed by atoms with E-state index in [9.17, 15) is 4.79 Å². The van der Waals surface area contributed by atoms with E-state index in [1.54, 1.807) is 18.2 Å². The van der Waals surface area contributed by atoms with E-state index in [0.717, 1.165) is 25.1 Å². The highest BCUT2D eigenvalue weighted by Crippen LogP contribution is 2.32. The number of amides is 1. The van der Waals surface area contributed by atoms with Crippen molar-refractivity contribution in [2.24, 2.45) is 17.4 Å². The first-order valence-electron chi connectivity index (χ1n) is 5.56. The smallest absolute Gasteiger partial charge is 0.249 e. The van der Waals surface area contributed by atoms with Crippen LogP contribution in [0.25, 0.3) is 0 Å². The monoisotopic (exact) mass is 298 g/mol. The van der Waals surface area contributed by atoms with Crippen LogP contribution in [0.2, 0.25) is 0 Å². The number of carbonyl (C=O) groups excluding carboxylic acids is 1. The van der Waals surface area contributed by atoms with Gasteiger partial charge in [-0.2, -0.15) is 0 Å². The third-order valence-corrected chi connectivity index (χ3v) is 3.69. The van der Waals surface area contributed by atoms with Gasteiger partial charge in [-0.25, -0.2) is 0 Å². The molecule has 1 saturated carbocycles. The van der Waals surface area contributed by atoms with Crippen molar-refractivity contribution in [2.75, 3.05) is 6.54 Å². The van der Waals surface area contributed by atoms with Gasteiger partial charge in [0.1, 0.15) is 5.75 Å². The maximum Gasteiger partial charge on any atom is 0.249 e. The summed E-state index contributed by atoms with van der Waals surface area (Å²) in [6.45, 7) is 0.726.